The van der Waals surface area contributed by atoms with E-state index in [1.165, 1.54) is 4.70 Å². The van der Waals surface area contributed by atoms with Crippen LogP contribution >= 0.6 is 11.3 Å². The Morgan fingerprint density at radius 3 is 2.79 bits per heavy atom. The van der Waals surface area contributed by atoms with E-state index in [9.17, 15) is 5.11 Å². The first-order valence-electron chi connectivity index (χ1n) is 7.96. The number of aromatic nitrogens is 3. The van der Waals surface area contributed by atoms with Gasteiger partial charge >= 0.3 is 0 Å². The number of nitrogens with zero attached hydrogens (tertiary/aromatic N) is 4. The fraction of sp³-hybridized carbons (Fsp3) is 0.353. The molecule has 0 bridgehead atoms. The molecule has 1 saturated carbocycles. The summed E-state index contributed by atoms with van der Waals surface area (Å²) in [6, 6.07) is 10.1. The first-order chi connectivity index (χ1) is 11.6. The molecule has 0 aliphatic heterocycles. The lowest BCUT2D eigenvalue weighted by Crippen LogP contribution is -2.28. The predicted octanol–water partition coefficient (Wildman–Crippen LogP) is 2.54. The van der Waals surface area contributed by atoms with Crippen LogP contribution in [0.3, 0.4) is 0 Å². The van der Waals surface area contributed by atoms with Crippen molar-refractivity contribution in [3.63, 3.8) is 0 Å². The van der Waals surface area contributed by atoms with Gasteiger partial charge in [0.05, 0.1) is 28.6 Å². The molecule has 1 fully saturated rings. The van der Waals surface area contributed by atoms with Crippen molar-refractivity contribution in [2.24, 2.45) is 0 Å². The van der Waals surface area contributed by atoms with E-state index in [4.69, 9.17) is 5.73 Å². The van der Waals surface area contributed by atoms with Gasteiger partial charge in [-0.3, -0.25) is 0 Å². The van der Waals surface area contributed by atoms with Crippen molar-refractivity contribution in [1.82, 2.24) is 15.0 Å². The zero-order valence-corrected chi connectivity index (χ0v) is 14.2. The van der Waals surface area contributed by atoms with E-state index in [1.807, 2.05) is 36.2 Å². The Labute approximate surface area is 144 Å². The average Bonchev–Trinajstić information content (AvgIpc) is 2.93. The molecule has 1 aliphatic rings. The molecule has 1 aromatic carbocycles. The second kappa shape index (κ2) is 5.99. The van der Waals surface area contributed by atoms with Crippen LogP contribution in [-0.4, -0.2) is 33.2 Å². The van der Waals surface area contributed by atoms with Crippen LogP contribution in [0.25, 0.3) is 10.2 Å². The van der Waals surface area contributed by atoms with Crippen molar-refractivity contribution < 1.29 is 5.11 Å². The van der Waals surface area contributed by atoms with Gasteiger partial charge in [-0.05, 0) is 25.0 Å². The molecule has 0 unspecified atom stereocenters. The molecular formula is C17H19N5OS. The summed E-state index contributed by atoms with van der Waals surface area (Å²) < 4.78 is 1.19. The fourth-order valence-corrected chi connectivity index (χ4v) is 4.00. The molecule has 7 heteroatoms. The molecule has 6 nitrogen and oxygen atoms in total. The lowest BCUT2D eigenvalue weighted by molar-refractivity contribution is 0.0732. The quantitative estimate of drug-likeness (QED) is 0.758. The van der Waals surface area contributed by atoms with Crippen LogP contribution in [0.15, 0.2) is 30.3 Å². The minimum absolute atomic E-state index is 0.213. The number of hydrogen-bond acceptors (Lipinski definition) is 7. The lowest BCUT2D eigenvalue weighted by Gasteiger charge is -2.31. The molecule has 1 aliphatic carbocycles. The van der Waals surface area contributed by atoms with Crippen LogP contribution in [0.4, 0.5) is 11.8 Å². The summed E-state index contributed by atoms with van der Waals surface area (Å²) in [6.45, 7) is 0.669. The SMILES string of the molecule is CN(Cc1nc2ccccc2s1)c1cc(C2CC(O)C2)nc(N)n1. The number of anilines is 2. The van der Waals surface area contributed by atoms with Crippen molar-refractivity contribution in [1.29, 1.82) is 0 Å². The molecule has 24 heavy (non-hydrogen) atoms. The minimum atomic E-state index is -0.213. The zero-order chi connectivity index (χ0) is 16.7. The van der Waals surface area contributed by atoms with E-state index in [1.54, 1.807) is 11.3 Å². The highest BCUT2D eigenvalue weighted by atomic mass is 32.1. The van der Waals surface area contributed by atoms with Crippen LogP contribution in [0.2, 0.25) is 0 Å². The van der Waals surface area contributed by atoms with E-state index in [0.29, 0.717) is 6.54 Å². The van der Waals surface area contributed by atoms with Crippen LogP contribution in [0.5, 0.6) is 0 Å². The Morgan fingerprint density at radius 1 is 1.25 bits per heavy atom. The van der Waals surface area contributed by atoms with E-state index in [0.717, 1.165) is 34.9 Å². The van der Waals surface area contributed by atoms with E-state index in [2.05, 4.69) is 21.0 Å². The van der Waals surface area contributed by atoms with Gasteiger partial charge in [0.1, 0.15) is 10.8 Å². The zero-order valence-electron chi connectivity index (χ0n) is 13.4. The summed E-state index contributed by atoms with van der Waals surface area (Å²) in [5, 5.41) is 10.5. The molecule has 0 saturated heterocycles. The molecule has 0 atom stereocenters. The van der Waals surface area contributed by atoms with Crippen molar-refractivity contribution in [2.45, 2.75) is 31.4 Å². The molecule has 0 amide bonds. The monoisotopic (exact) mass is 341 g/mol. The summed E-state index contributed by atoms with van der Waals surface area (Å²) in [7, 11) is 1.98. The fourth-order valence-electron chi connectivity index (χ4n) is 2.98. The highest BCUT2D eigenvalue weighted by Gasteiger charge is 2.30. The summed E-state index contributed by atoms with van der Waals surface area (Å²) in [5.41, 5.74) is 7.82. The van der Waals surface area contributed by atoms with E-state index in [-0.39, 0.29) is 18.0 Å². The van der Waals surface area contributed by atoms with Crippen LogP contribution in [0, 0.1) is 0 Å². The average molecular weight is 341 g/mol. The van der Waals surface area contributed by atoms with Gasteiger partial charge in [-0.1, -0.05) is 12.1 Å². The topological polar surface area (TPSA) is 88.2 Å². The molecule has 124 valence electrons. The smallest absolute Gasteiger partial charge is 0.222 e. The van der Waals surface area contributed by atoms with Crippen LogP contribution in [-0.2, 0) is 6.54 Å². The van der Waals surface area contributed by atoms with E-state index >= 15 is 0 Å². The second-order valence-corrected chi connectivity index (χ2v) is 7.38. The van der Waals surface area contributed by atoms with Crippen molar-refractivity contribution in [3.05, 3.63) is 41.0 Å². The Hall–Kier alpha value is -2.25. The van der Waals surface area contributed by atoms with Gasteiger partial charge in [0, 0.05) is 19.0 Å². The molecule has 3 N–H and O–H groups in total. The number of thiazole rings is 1. The van der Waals surface area contributed by atoms with Gasteiger partial charge in [0.15, 0.2) is 0 Å². The Morgan fingerprint density at radius 2 is 2.04 bits per heavy atom. The third kappa shape index (κ3) is 2.92. The Kier molecular flexibility index (Phi) is 3.82. The molecule has 2 aromatic heterocycles. The van der Waals surface area contributed by atoms with Crippen LogP contribution < -0.4 is 10.6 Å². The van der Waals surface area contributed by atoms with Gasteiger partial charge < -0.3 is 15.7 Å². The van der Waals surface area contributed by atoms with Gasteiger partial charge in [-0.25, -0.2) is 9.97 Å². The van der Waals surface area contributed by atoms with Gasteiger partial charge in [-0.15, -0.1) is 11.3 Å². The van der Waals surface area contributed by atoms with Gasteiger partial charge in [-0.2, -0.15) is 4.98 Å². The first kappa shape index (κ1) is 15.3. The Balaban J connectivity index is 1.56. The number of nitrogen functional groups attached to an aromatic ring is 1. The van der Waals surface area contributed by atoms with Crippen molar-refractivity contribution >= 4 is 33.3 Å². The highest BCUT2D eigenvalue weighted by Crippen LogP contribution is 2.37. The number of rotatable bonds is 4. The maximum Gasteiger partial charge on any atom is 0.222 e. The third-order valence-corrected chi connectivity index (χ3v) is 5.40. The maximum atomic E-state index is 9.50. The normalized spacial score (nSPS) is 20.1. The number of hydrogen-bond donors (Lipinski definition) is 2. The molecule has 3 aromatic rings. The predicted molar refractivity (Wildman–Crippen MR) is 96.2 cm³/mol. The van der Waals surface area contributed by atoms with Crippen molar-refractivity contribution in [2.75, 3.05) is 17.7 Å². The van der Waals surface area contributed by atoms with E-state index < -0.39 is 0 Å². The lowest BCUT2D eigenvalue weighted by atomic mass is 9.80. The third-order valence-electron chi connectivity index (χ3n) is 4.38. The summed E-state index contributed by atoms with van der Waals surface area (Å²) in [5.74, 6) is 1.35. The summed E-state index contributed by atoms with van der Waals surface area (Å²) in [6.07, 6.45) is 1.28. The van der Waals surface area contributed by atoms with Gasteiger partial charge in [0.25, 0.3) is 0 Å². The Bertz CT molecular complexity index is 841. The number of aliphatic hydroxyl groups is 1. The summed E-state index contributed by atoms with van der Waals surface area (Å²) >= 11 is 1.69. The number of para-hydroxylation sites is 1. The van der Waals surface area contributed by atoms with Gasteiger partial charge in [0.2, 0.25) is 5.95 Å². The molecule has 2 heterocycles. The van der Waals surface area contributed by atoms with Crippen molar-refractivity contribution in [3.8, 4) is 0 Å². The molecule has 0 spiro atoms. The number of aliphatic hydroxyl groups excluding tert-OH is 1. The largest absolute Gasteiger partial charge is 0.393 e. The maximum absolute atomic E-state index is 9.50. The molecule has 4 rings (SSSR count). The number of fused-ring (bicyclic) bond motifs is 1. The highest BCUT2D eigenvalue weighted by molar-refractivity contribution is 7.18. The minimum Gasteiger partial charge on any atom is -0.393 e. The second-order valence-electron chi connectivity index (χ2n) is 6.26. The summed E-state index contributed by atoms with van der Waals surface area (Å²) in [4.78, 5) is 15.4. The standard InChI is InChI=1S/C17H19N5OS/c1-22(9-16-19-12-4-2-3-5-14(12)24-16)15-8-13(20-17(18)21-15)10-6-11(23)7-10/h2-5,8,10-11,23H,6-7,9H2,1H3,(H2,18,20,21). The number of benzene rings is 1. The first-order valence-corrected chi connectivity index (χ1v) is 8.78. The van der Waals surface area contributed by atoms with Crippen LogP contribution in [0.1, 0.15) is 29.5 Å². The molecule has 0 radical (unpaired) electrons. The number of nitrogens with two attached hydrogens (primary N) is 1. The molecular weight excluding hydrogens is 322 g/mol.